The first kappa shape index (κ1) is 15.0. The Hall–Kier alpha value is -0.950. The Bertz CT molecular complexity index is 615. The summed E-state index contributed by atoms with van der Waals surface area (Å²) in [6.45, 7) is 3.21. The monoisotopic (exact) mass is 309 g/mol. The van der Waals surface area contributed by atoms with Gasteiger partial charge in [-0.05, 0) is 24.0 Å². The number of hydrogen-bond acceptors (Lipinski definition) is 3. The normalized spacial score (nSPS) is 24.4. The van der Waals surface area contributed by atoms with E-state index >= 15 is 0 Å². The van der Waals surface area contributed by atoms with Gasteiger partial charge in [0.25, 0.3) is 10.2 Å². The highest BCUT2D eigenvalue weighted by atomic mass is 32.2. The third-order valence-electron chi connectivity index (χ3n) is 4.59. The first-order chi connectivity index (χ1) is 9.98. The van der Waals surface area contributed by atoms with Gasteiger partial charge in [0, 0.05) is 46.3 Å². The van der Waals surface area contributed by atoms with Crippen molar-refractivity contribution in [1.29, 1.82) is 0 Å². The summed E-state index contributed by atoms with van der Waals surface area (Å²) in [6.07, 6.45) is 1.99. The summed E-state index contributed by atoms with van der Waals surface area (Å²) >= 11 is 0. The molecule has 2 aliphatic rings. The smallest absolute Gasteiger partial charge is 0.281 e. The van der Waals surface area contributed by atoms with E-state index in [1.807, 2.05) is 0 Å². The van der Waals surface area contributed by atoms with E-state index < -0.39 is 10.2 Å². The molecule has 1 saturated heterocycles. The van der Waals surface area contributed by atoms with Crippen LogP contribution >= 0.6 is 0 Å². The topological polar surface area (TPSA) is 43.9 Å². The SMILES string of the molecule is CN(C)S(=O)(=O)N1CCC(N2CCc3ccccc3C2)C1. The van der Waals surface area contributed by atoms with Crippen molar-refractivity contribution in [1.82, 2.24) is 13.5 Å². The summed E-state index contributed by atoms with van der Waals surface area (Å²) in [5.74, 6) is 0. The second-order valence-corrected chi connectivity index (χ2v) is 8.22. The van der Waals surface area contributed by atoms with Gasteiger partial charge in [0.15, 0.2) is 0 Å². The Morgan fingerprint density at radius 3 is 2.57 bits per heavy atom. The zero-order chi connectivity index (χ0) is 15.0. The van der Waals surface area contributed by atoms with Crippen LogP contribution in [0.15, 0.2) is 24.3 Å². The van der Waals surface area contributed by atoms with E-state index in [0.717, 1.165) is 25.9 Å². The van der Waals surface area contributed by atoms with E-state index in [-0.39, 0.29) is 0 Å². The van der Waals surface area contributed by atoms with Gasteiger partial charge >= 0.3 is 0 Å². The largest absolute Gasteiger partial charge is 0.294 e. The summed E-state index contributed by atoms with van der Waals surface area (Å²) in [5.41, 5.74) is 2.82. The zero-order valence-corrected chi connectivity index (χ0v) is 13.5. The first-order valence-corrected chi connectivity index (χ1v) is 8.86. The van der Waals surface area contributed by atoms with Crippen LogP contribution in [0.25, 0.3) is 0 Å². The molecule has 116 valence electrons. The molecule has 0 saturated carbocycles. The molecule has 0 amide bonds. The van der Waals surface area contributed by atoms with Crippen molar-refractivity contribution in [3.05, 3.63) is 35.4 Å². The van der Waals surface area contributed by atoms with Crippen molar-refractivity contribution in [3.8, 4) is 0 Å². The molecular formula is C15H23N3O2S. The molecule has 1 atom stereocenters. The molecule has 0 spiro atoms. The van der Waals surface area contributed by atoms with E-state index in [2.05, 4.69) is 29.2 Å². The fourth-order valence-electron chi connectivity index (χ4n) is 3.28. The molecule has 1 aromatic rings. The molecule has 2 heterocycles. The Kier molecular flexibility index (Phi) is 4.05. The van der Waals surface area contributed by atoms with Gasteiger partial charge in [-0.1, -0.05) is 24.3 Å². The maximum atomic E-state index is 12.2. The van der Waals surface area contributed by atoms with Crippen LogP contribution in [0.2, 0.25) is 0 Å². The lowest BCUT2D eigenvalue weighted by Crippen LogP contribution is -2.43. The average Bonchev–Trinajstić information content (AvgIpc) is 2.97. The van der Waals surface area contributed by atoms with Gasteiger partial charge in [0.05, 0.1) is 0 Å². The van der Waals surface area contributed by atoms with E-state index in [9.17, 15) is 8.42 Å². The van der Waals surface area contributed by atoms with Crippen LogP contribution in [0, 0.1) is 0 Å². The minimum atomic E-state index is -3.27. The van der Waals surface area contributed by atoms with E-state index in [1.165, 1.54) is 15.4 Å². The van der Waals surface area contributed by atoms with Gasteiger partial charge in [0.1, 0.15) is 0 Å². The summed E-state index contributed by atoms with van der Waals surface area (Å²) in [4.78, 5) is 2.44. The lowest BCUT2D eigenvalue weighted by molar-refractivity contribution is 0.185. The highest BCUT2D eigenvalue weighted by Crippen LogP contribution is 2.25. The van der Waals surface area contributed by atoms with Crippen LogP contribution in [0.5, 0.6) is 0 Å². The molecule has 0 radical (unpaired) electrons. The maximum absolute atomic E-state index is 12.2. The predicted molar refractivity (Wildman–Crippen MR) is 83.1 cm³/mol. The summed E-state index contributed by atoms with van der Waals surface area (Å²) in [7, 11) is -0.0747. The maximum Gasteiger partial charge on any atom is 0.281 e. The standard InChI is InChI=1S/C15H23N3O2S/c1-16(2)21(19,20)18-10-8-15(12-18)17-9-7-13-5-3-4-6-14(13)11-17/h3-6,15H,7-12H2,1-2H3. The second kappa shape index (κ2) is 5.68. The number of fused-ring (bicyclic) bond motifs is 1. The molecule has 6 heteroatoms. The van der Waals surface area contributed by atoms with Crippen molar-refractivity contribution in [3.63, 3.8) is 0 Å². The van der Waals surface area contributed by atoms with Gasteiger partial charge in [-0.3, -0.25) is 4.90 Å². The molecule has 0 bridgehead atoms. The van der Waals surface area contributed by atoms with E-state index in [1.54, 1.807) is 18.4 Å². The molecule has 3 rings (SSSR count). The van der Waals surface area contributed by atoms with Crippen LogP contribution in [0.1, 0.15) is 17.5 Å². The lowest BCUT2D eigenvalue weighted by atomic mass is 9.98. The van der Waals surface area contributed by atoms with Gasteiger partial charge in [-0.25, -0.2) is 0 Å². The molecule has 21 heavy (non-hydrogen) atoms. The van der Waals surface area contributed by atoms with Crippen molar-refractivity contribution in [2.75, 3.05) is 33.7 Å². The highest BCUT2D eigenvalue weighted by molar-refractivity contribution is 7.86. The molecule has 5 nitrogen and oxygen atoms in total. The number of hydrogen-bond donors (Lipinski definition) is 0. The fourth-order valence-corrected chi connectivity index (χ4v) is 4.44. The molecule has 0 aliphatic carbocycles. The van der Waals surface area contributed by atoms with Gasteiger partial charge in [-0.2, -0.15) is 17.0 Å². The molecule has 0 aromatic heterocycles. The Labute approximate surface area is 127 Å². The summed E-state index contributed by atoms with van der Waals surface area (Å²) in [6, 6.07) is 8.90. The summed E-state index contributed by atoms with van der Waals surface area (Å²) < 4.78 is 27.3. The third-order valence-corrected chi connectivity index (χ3v) is 6.50. The highest BCUT2D eigenvalue weighted by Gasteiger charge is 2.36. The van der Waals surface area contributed by atoms with E-state index in [0.29, 0.717) is 19.1 Å². The first-order valence-electron chi connectivity index (χ1n) is 7.47. The fraction of sp³-hybridized carbons (Fsp3) is 0.600. The number of benzene rings is 1. The van der Waals surface area contributed by atoms with Gasteiger partial charge in [-0.15, -0.1) is 0 Å². The van der Waals surface area contributed by atoms with Crippen LogP contribution in [0.3, 0.4) is 0 Å². The molecule has 1 fully saturated rings. The second-order valence-electron chi connectivity index (χ2n) is 6.08. The number of nitrogens with zero attached hydrogens (tertiary/aromatic N) is 3. The van der Waals surface area contributed by atoms with Crippen molar-refractivity contribution < 1.29 is 8.42 Å². The van der Waals surface area contributed by atoms with Gasteiger partial charge < -0.3 is 0 Å². The molecule has 1 aromatic carbocycles. The van der Waals surface area contributed by atoms with Crippen LogP contribution in [-0.4, -0.2) is 61.7 Å². The Morgan fingerprint density at radius 2 is 1.86 bits per heavy atom. The average molecular weight is 309 g/mol. The minimum absolute atomic E-state index is 0.341. The molecule has 1 unspecified atom stereocenters. The van der Waals surface area contributed by atoms with Crippen molar-refractivity contribution in [2.45, 2.75) is 25.4 Å². The Balaban J connectivity index is 1.68. The van der Waals surface area contributed by atoms with E-state index in [4.69, 9.17) is 0 Å². The van der Waals surface area contributed by atoms with Gasteiger partial charge in [0.2, 0.25) is 0 Å². The Morgan fingerprint density at radius 1 is 1.14 bits per heavy atom. The van der Waals surface area contributed by atoms with Crippen molar-refractivity contribution in [2.24, 2.45) is 0 Å². The quantitative estimate of drug-likeness (QED) is 0.834. The lowest BCUT2D eigenvalue weighted by Gasteiger charge is -2.33. The zero-order valence-electron chi connectivity index (χ0n) is 12.7. The minimum Gasteiger partial charge on any atom is -0.294 e. The van der Waals surface area contributed by atoms with Crippen LogP contribution in [-0.2, 0) is 23.2 Å². The third kappa shape index (κ3) is 2.85. The van der Waals surface area contributed by atoms with Crippen LogP contribution < -0.4 is 0 Å². The summed E-state index contributed by atoms with van der Waals surface area (Å²) in [5, 5.41) is 0. The molecular weight excluding hydrogens is 286 g/mol. The van der Waals surface area contributed by atoms with Crippen LogP contribution in [0.4, 0.5) is 0 Å². The number of rotatable bonds is 3. The molecule has 2 aliphatic heterocycles. The van der Waals surface area contributed by atoms with Crippen molar-refractivity contribution >= 4 is 10.2 Å². The molecule has 0 N–H and O–H groups in total. The predicted octanol–water partition coefficient (Wildman–Crippen LogP) is 0.925.